The quantitative estimate of drug-likeness (QED) is 0.238. The molecule has 0 bridgehead atoms. The summed E-state index contributed by atoms with van der Waals surface area (Å²) in [5.74, 6) is 0.554. The van der Waals surface area contributed by atoms with E-state index in [0.717, 1.165) is 27.9 Å². The van der Waals surface area contributed by atoms with Gasteiger partial charge in [-0.2, -0.15) is 0 Å². The summed E-state index contributed by atoms with van der Waals surface area (Å²) in [6.45, 7) is 8.07. The van der Waals surface area contributed by atoms with Gasteiger partial charge in [0.25, 0.3) is 11.8 Å². The van der Waals surface area contributed by atoms with Gasteiger partial charge in [0.15, 0.2) is 18.1 Å². The van der Waals surface area contributed by atoms with Crippen molar-refractivity contribution in [2.75, 3.05) is 18.5 Å². The summed E-state index contributed by atoms with van der Waals surface area (Å²) in [7, 11) is 0. The van der Waals surface area contributed by atoms with E-state index in [4.69, 9.17) is 21.7 Å². The van der Waals surface area contributed by atoms with Crippen LogP contribution in [0, 0.1) is 13.8 Å². The van der Waals surface area contributed by atoms with Gasteiger partial charge in [-0.1, -0.05) is 72.5 Å². The first-order chi connectivity index (χ1) is 18.3. The van der Waals surface area contributed by atoms with Gasteiger partial charge in [0, 0.05) is 5.69 Å². The van der Waals surface area contributed by atoms with Crippen molar-refractivity contribution in [1.82, 2.24) is 4.90 Å². The third kappa shape index (κ3) is 6.26. The zero-order valence-corrected chi connectivity index (χ0v) is 23.4. The minimum absolute atomic E-state index is 0.127. The van der Waals surface area contributed by atoms with Crippen LogP contribution in [0.4, 0.5) is 5.69 Å². The number of carbonyl (C=O) groups is 2. The minimum Gasteiger partial charge on any atom is -0.490 e. The molecule has 0 radical (unpaired) electrons. The molecule has 3 aromatic rings. The van der Waals surface area contributed by atoms with Crippen LogP contribution in [0.3, 0.4) is 0 Å². The number of hydrogen-bond acceptors (Lipinski definition) is 6. The normalized spacial score (nSPS) is 15.1. The van der Waals surface area contributed by atoms with Crippen molar-refractivity contribution in [3.63, 3.8) is 0 Å². The molecule has 1 saturated heterocycles. The molecule has 0 saturated carbocycles. The first-order valence-corrected chi connectivity index (χ1v) is 13.6. The predicted molar refractivity (Wildman–Crippen MR) is 158 cm³/mol. The number of hydrogen-bond donors (Lipinski definition) is 1. The van der Waals surface area contributed by atoms with E-state index in [9.17, 15) is 9.59 Å². The summed E-state index contributed by atoms with van der Waals surface area (Å²) in [4.78, 5) is 28.0. The lowest BCUT2D eigenvalue weighted by Gasteiger charge is -2.23. The average molecular weight is 547 g/mol. The molecule has 196 valence electrons. The zero-order chi connectivity index (χ0) is 27.2. The van der Waals surface area contributed by atoms with E-state index in [2.05, 4.69) is 5.32 Å². The number of aryl methyl sites for hydroxylation is 1. The van der Waals surface area contributed by atoms with Crippen LogP contribution in [-0.2, 0) is 9.59 Å². The number of thiocarbonyl (C=S) groups is 1. The van der Waals surface area contributed by atoms with E-state index in [1.165, 1.54) is 11.8 Å². The molecule has 1 aliphatic heterocycles. The molecule has 0 aromatic heterocycles. The Labute approximate surface area is 233 Å². The maximum absolute atomic E-state index is 13.2. The van der Waals surface area contributed by atoms with E-state index >= 15 is 0 Å². The van der Waals surface area contributed by atoms with Gasteiger partial charge < -0.3 is 14.8 Å². The Hall–Kier alpha value is -3.62. The first-order valence-electron chi connectivity index (χ1n) is 12.4. The lowest BCUT2D eigenvalue weighted by Crippen LogP contribution is -2.30. The first kappa shape index (κ1) is 27.4. The van der Waals surface area contributed by atoms with E-state index in [-0.39, 0.29) is 24.5 Å². The van der Waals surface area contributed by atoms with Gasteiger partial charge in [-0.05, 0) is 74.2 Å². The fourth-order valence-corrected chi connectivity index (χ4v) is 5.48. The molecule has 1 fully saturated rings. The predicted octanol–water partition coefficient (Wildman–Crippen LogP) is 6.68. The summed E-state index contributed by atoms with van der Waals surface area (Å²) in [5.41, 5.74) is 4.67. The van der Waals surface area contributed by atoms with Gasteiger partial charge in [-0.3, -0.25) is 14.5 Å². The molecule has 2 amide bonds. The van der Waals surface area contributed by atoms with Gasteiger partial charge in [0.05, 0.1) is 17.6 Å². The number of ether oxygens (including phenoxy) is 2. The van der Waals surface area contributed by atoms with Crippen LogP contribution < -0.4 is 14.8 Å². The van der Waals surface area contributed by atoms with E-state index in [1.807, 2.05) is 82.3 Å². The Kier molecular flexibility index (Phi) is 8.86. The van der Waals surface area contributed by atoms with Crippen molar-refractivity contribution in [2.24, 2.45) is 0 Å². The molecule has 0 unspecified atom stereocenters. The van der Waals surface area contributed by atoms with Crippen LogP contribution in [0.15, 0.2) is 71.6 Å². The summed E-state index contributed by atoms with van der Waals surface area (Å²) >= 11 is 6.82. The molecule has 1 N–H and O–H groups in total. The molecule has 4 rings (SSSR count). The molecule has 1 atom stereocenters. The maximum atomic E-state index is 13.2. The number of rotatable bonds is 9. The number of amides is 2. The lowest BCUT2D eigenvalue weighted by molar-refractivity contribution is -0.123. The van der Waals surface area contributed by atoms with Crippen molar-refractivity contribution < 1.29 is 19.1 Å². The number of nitrogens with zero attached hydrogens (tertiary/aromatic N) is 1. The molecular weight excluding hydrogens is 516 g/mol. The molecule has 3 aromatic carbocycles. The Morgan fingerprint density at radius 1 is 1.05 bits per heavy atom. The van der Waals surface area contributed by atoms with Crippen LogP contribution in [0.1, 0.15) is 42.1 Å². The van der Waals surface area contributed by atoms with Crippen LogP contribution >= 0.6 is 24.0 Å². The monoisotopic (exact) mass is 546 g/mol. The number of thioether (sulfide) groups is 1. The molecule has 0 spiro atoms. The van der Waals surface area contributed by atoms with E-state index < -0.39 is 0 Å². The fraction of sp³-hybridized carbons (Fsp3) is 0.233. The van der Waals surface area contributed by atoms with Gasteiger partial charge in [-0.25, -0.2) is 0 Å². The van der Waals surface area contributed by atoms with Gasteiger partial charge in [0.1, 0.15) is 4.32 Å². The molecule has 38 heavy (non-hydrogen) atoms. The van der Waals surface area contributed by atoms with E-state index in [0.29, 0.717) is 27.3 Å². The summed E-state index contributed by atoms with van der Waals surface area (Å²) in [6, 6.07) is 20.8. The molecule has 1 aliphatic rings. The van der Waals surface area contributed by atoms with Gasteiger partial charge in [0.2, 0.25) is 0 Å². The van der Waals surface area contributed by atoms with Gasteiger partial charge >= 0.3 is 0 Å². The fourth-order valence-electron chi connectivity index (χ4n) is 4.06. The zero-order valence-electron chi connectivity index (χ0n) is 21.8. The molecule has 6 nitrogen and oxygen atoms in total. The maximum Gasteiger partial charge on any atom is 0.266 e. The summed E-state index contributed by atoms with van der Waals surface area (Å²) in [5, 5.41) is 2.89. The highest BCUT2D eigenvalue weighted by atomic mass is 32.2. The number of nitrogens with one attached hydrogen (secondary N) is 1. The van der Waals surface area contributed by atoms with E-state index in [1.54, 1.807) is 23.1 Å². The minimum atomic E-state index is -0.263. The highest BCUT2D eigenvalue weighted by molar-refractivity contribution is 8.26. The van der Waals surface area contributed by atoms with Crippen LogP contribution in [0.25, 0.3) is 6.08 Å². The van der Waals surface area contributed by atoms with Crippen molar-refractivity contribution in [3.8, 4) is 11.5 Å². The molecule has 8 heteroatoms. The van der Waals surface area contributed by atoms with Crippen LogP contribution in [0.2, 0.25) is 0 Å². The lowest BCUT2D eigenvalue weighted by atomic mass is 10.1. The standard InChI is InChI=1S/C30H30N2O4S2/c1-5-35-26-16-22(14-15-25(26)36-18-28(33)31-24-13-9-10-19(2)20(24)3)17-27-29(34)32(30(37)38-27)21(4)23-11-7-6-8-12-23/h6-17,21H,5,18H2,1-4H3,(H,31,33)/b27-17-/t21-/m0/s1. The highest BCUT2D eigenvalue weighted by Gasteiger charge is 2.35. The topological polar surface area (TPSA) is 67.9 Å². The van der Waals surface area contributed by atoms with Crippen molar-refractivity contribution >= 4 is 51.9 Å². The SMILES string of the molecule is CCOc1cc(/C=C2\SC(=S)N([C@@H](C)c3ccccc3)C2=O)ccc1OCC(=O)Nc1cccc(C)c1C. The number of anilines is 1. The second-order valence-electron chi connectivity index (χ2n) is 8.86. The number of carbonyl (C=O) groups excluding carboxylic acids is 2. The van der Waals surface area contributed by atoms with Crippen molar-refractivity contribution in [1.29, 1.82) is 0 Å². The largest absolute Gasteiger partial charge is 0.490 e. The second kappa shape index (κ2) is 12.3. The smallest absolute Gasteiger partial charge is 0.266 e. The highest BCUT2D eigenvalue weighted by Crippen LogP contribution is 2.39. The Morgan fingerprint density at radius 2 is 1.82 bits per heavy atom. The molecule has 1 heterocycles. The van der Waals surface area contributed by atoms with Crippen molar-refractivity contribution in [2.45, 2.75) is 33.7 Å². The van der Waals surface area contributed by atoms with Crippen LogP contribution in [-0.4, -0.2) is 34.2 Å². The molecule has 0 aliphatic carbocycles. The Morgan fingerprint density at radius 3 is 2.55 bits per heavy atom. The summed E-state index contributed by atoms with van der Waals surface area (Å²) < 4.78 is 12.1. The Balaban J connectivity index is 1.47. The number of benzene rings is 3. The third-order valence-corrected chi connectivity index (χ3v) is 7.63. The average Bonchev–Trinajstić information content (AvgIpc) is 3.18. The second-order valence-corrected chi connectivity index (χ2v) is 10.5. The van der Waals surface area contributed by atoms with Crippen molar-refractivity contribution in [3.05, 3.63) is 93.9 Å². The third-order valence-electron chi connectivity index (χ3n) is 6.30. The molecular formula is C30H30N2O4S2. The Bertz CT molecular complexity index is 1390. The van der Waals surface area contributed by atoms with Gasteiger partial charge in [-0.15, -0.1) is 0 Å². The summed E-state index contributed by atoms with van der Waals surface area (Å²) in [6.07, 6.45) is 1.80. The van der Waals surface area contributed by atoms with Crippen LogP contribution in [0.5, 0.6) is 11.5 Å².